The average Bonchev–Trinajstić information content (AvgIpc) is 3.17. The van der Waals surface area contributed by atoms with Crippen molar-refractivity contribution in [3.8, 4) is 11.3 Å². The Morgan fingerprint density at radius 2 is 1.92 bits per heavy atom. The van der Waals surface area contributed by atoms with Crippen molar-refractivity contribution < 1.29 is 18.3 Å². The molecule has 0 radical (unpaired) electrons. The molecule has 6 rings (SSSR count). The van der Waals surface area contributed by atoms with Gasteiger partial charge in [0.25, 0.3) is 0 Å². The molecule has 2 aromatic heterocycles. The van der Waals surface area contributed by atoms with Gasteiger partial charge in [-0.3, -0.25) is 4.98 Å². The zero-order chi connectivity index (χ0) is 26.9. The van der Waals surface area contributed by atoms with E-state index in [-0.39, 0.29) is 34.4 Å². The predicted molar refractivity (Wildman–Crippen MR) is 142 cm³/mol. The summed E-state index contributed by atoms with van der Waals surface area (Å²) in [6.07, 6.45) is 1.99. The number of hydrogen-bond acceptors (Lipinski definition) is 6. The highest BCUT2D eigenvalue weighted by atomic mass is 35.5. The molecule has 2 aliphatic heterocycles. The largest absolute Gasteiger partial charge is 0.444 e. The van der Waals surface area contributed by atoms with Gasteiger partial charge >= 0.3 is 6.09 Å². The van der Waals surface area contributed by atoms with E-state index in [2.05, 4.69) is 19.9 Å². The molecule has 0 aliphatic carbocycles. The summed E-state index contributed by atoms with van der Waals surface area (Å²) >= 11 is 6.30. The third kappa shape index (κ3) is 3.91. The van der Waals surface area contributed by atoms with Gasteiger partial charge in [0.15, 0.2) is 5.82 Å². The lowest BCUT2D eigenvalue weighted by Gasteiger charge is -2.47. The van der Waals surface area contributed by atoms with E-state index in [0.717, 1.165) is 6.42 Å². The fourth-order valence-electron chi connectivity index (χ4n) is 5.47. The first-order valence-electron chi connectivity index (χ1n) is 12.5. The van der Waals surface area contributed by atoms with Gasteiger partial charge in [0.05, 0.1) is 22.5 Å². The molecule has 10 heteroatoms. The summed E-state index contributed by atoms with van der Waals surface area (Å²) in [6, 6.07) is 8.15. The summed E-state index contributed by atoms with van der Waals surface area (Å²) < 4.78 is 35.9. The van der Waals surface area contributed by atoms with Crippen LogP contribution in [-0.4, -0.2) is 56.7 Å². The first kappa shape index (κ1) is 24.7. The molecule has 2 saturated heterocycles. The Morgan fingerprint density at radius 3 is 2.68 bits per heavy atom. The van der Waals surface area contributed by atoms with Crippen molar-refractivity contribution in [2.45, 2.75) is 51.8 Å². The Morgan fingerprint density at radius 1 is 1.13 bits per heavy atom. The van der Waals surface area contributed by atoms with Gasteiger partial charge in [-0.2, -0.15) is 0 Å². The summed E-state index contributed by atoms with van der Waals surface area (Å²) in [5, 5.41) is 1.46. The van der Waals surface area contributed by atoms with E-state index in [0.29, 0.717) is 46.5 Å². The molecular formula is C28H26ClF2N5O2. The van der Waals surface area contributed by atoms with Crippen LogP contribution < -0.4 is 4.90 Å². The molecular weight excluding hydrogens is 512 g/mol. The molecule has 2 fully saturated rings. The van der Waals surface area contributed by atoms with Gasteiger partial charge in [0.1, 0.15) is 34.3 Å². The number of carbonyl (C=O) groups is 1. The van der Waals surface area contributed by atoms with Crippen molar-refractivity contribution in [1.29, 1.82) is 0 Å². The molecule has 0 unspecified atom stereocenters. The van der Waals surface area contributed by atoms with E-state index >= 15 is 4.39 Å². The zero-order valence-electron chi connectivity index (χ0n) is 21.4. The number of nitrogens with zero attached hydrogens (tertiary/aromatic N) is 5. The summed E-state index contributed by atoms with van der Waals surface area (Å²) in [6.45, 7) is 8.39. The number of benzene rings is 2. The average molecular weight is 538 g/mol. The van der Waals surface area contributed by atoms with Crippen molar-refractivity contribution in [2.75, 3.05) is 18.0 Å². The number of carbonyl (C=O) groups excluding carboxylic acids is 1. The number of aryl methyl sites for hydroxylation is 1. The number of hydrogen-bond donors (Lipinski definition) is 0. The second-order valence-electron chi connectivity index (χ2n) is 10.8. The fourth-order valence-corrected chi connectivity index (χ4v) is 5.75. The lowest BCUT2D eigenvalue weighted by atomic mass is 9.96. The number of amides is 1. The second-order valence-corrected chi connectivity index (χ2v) is 11.2. The number of ether oxygens (including phenoxy) is 1. The summed E-state index contributed by atoms with van der Waals surface area (Å²) in [4.78, 5) is 30.0. The normalized spacial score (nSPS) is 19.1. The quantitative estimate of drug-likeness (QED) is 0.299. The van der Waals surface area contributed by atoms with Crippen LogP contribution in [0.15, 0.2) is 36.5 Å². The predicted octanol–water partition coefficient (Wildman–Crippen LogP) is 6.28. The highest BCUT2D eigenvalue weighted by molar-refractivity contribution is 6.36. The minimum Gasteiger partial charge on any atom is -0.444 e. The Hall–Kier alpha value is -3.59. The number of anilines is 1. The van der Waals surface area contributed by atoms with Crippen LogP contribution in [0.3, 0.4) is 0 Å². The van der Waals surface area contributed by atoms with Crippen LogP contribution in [0.4, 0.5) is 19.4 Å². The number of likely N-dealkylation sites (tertiary alicyclic amines) is 1. The summed E-state index contributed by atoms with van der Waals surface area (Å²) in [5.41, 5.74) is -0.0119. The fraction of sp³-hybridized carbons (Fsp3) is 0.357. The van der Waals surface area contributed by atoms with Gasteiger partial charge in [0.2, 0.25) is 0 Å². The topological polar surface area (TPSA) is 71.5 Å². The lowest BCUT2D eigenvalue weighted by molar-refractivity contribution is 0.0193. The van der Waals surface area contributed by atoms with E-state index in [1.807, 2.05) is 20.8 Å². The van der Waals surface area contributed by atoms with Crippen LogP contribution in [0.5, 0.6) is 0 Å². The number of pyridine rings is 1. The molecule has 2 aliphatic rings. The van der Waals surface area contributed by atoms with Crippen molar-refractivity contribution in [3.63, 3.8) is 0 Å². The van der Waals surface area contributed by atoms with Gasteiger partial charge in [-0.05, 0) is 45.6 Å². The molecule has 4 aromatic rings. The minimum absolute atomic E-state index is 0.0000257. The number of aromatic nitrogens is 3. The Labute approximate surface area is 223 Å². The van der Waals surface area contributed by atoms with Gasteiger partial charge in [-0.1, -0.05) is 35.9 Å². The van der Waals surface area contributed by atoms with E-state index in [1.165, 1.54) is 6.07 Å². The molecule has 0 saturated carbocycles. The second kappa shape index (κ2) is 8.73. The molecule has 4 heterocycles. The first-order valence-corrected chi connectivity index (χ1v) is 12.9. The maximum Gasteiger partial charge on any atom is 0.410 e. The molecule has 2 aromatic carbocycles. The zero-order valence-corrected chi connectivity index (χ0v) is 22.2. The number of halogens is 3. The molecule has 0 spiro atoms. The van der Waals surface area contributed by atoms with E-state index in [1.54, 1.807) is 42.3 Å². The van der Waals surface area contributed by atoms with Crippen molar-refractivity contribution in [3.05, 3.63) is 59.0 Å². The molecule has 1 amide bonds. The van der Waals surface area contributed by atoms with E-state index in [4.69, 9.17) is 16.3 Å². The Bertz CT molecular complexity index is 1620. The first-order chi connectivity index (χ1) is 18.0. The molecule has 2 atom stereocenters. The van der Waals surface area contributed by atoms with Gasteiger partial charge in [-0.15, -0.1) is 0 Å². The summed E-state index contributed by atoms with van der Waals surface area (Å²) in [5.74, 6) is -0.214. The molecule has 7 nitrogen and oxygen atoms in total. The molecule has 0 bridgehead atoms. The number of rotatable bonds is 2. The van der Waals surface area contributed by atoms with Crippen LogP contribution >= 0.6 is 11.6 Å². The van der Waals surface area contributed by atoms with Gasteiger partial charge < -0.3 is 14.5 Å². The van der Waals surface area contributed by atoms with Crippen LogP contribution in [0, 0.1) is 18.6 Å². The van der Waals surface area contributed by atoms with Crippen molar-refractivity contribution >= 4 is 45.2 Å². The maximum atomic E-state index is 16.1. The highest BCUT2D eigenvalue weighted by Crippen LogP contribution is 2.41. The van der Waals surface area contributed by atoms with Crippen LogP contribution in [0.25, 0.3) is 32.9 Å². The third-order valence-electron chi connectivity index (χ3n) is 7.16. The SMILES string of the molecule is Cc1nc(N2C[C@@H]3[C@H]2CCN3C(=O)OC(C)(C)C)c2cnc(-c3cccc4ccc(F)c(Cl)c34)c(F)c2n1. The van der Waals surface area contributed by atoms with Gasteiger partial charge in [0, 0.05) is 30.2 Å². The summed E-state index contributed by atoms with van der Waals surface area (Å²) in [7, 11) is 0. The standard InChI is InChI=1S/C28H26ClF2N5O2/c1-14-33-25-17(26(34-14)36-13-20-19(36)10-11-35(20)27(37)38-28(2,3)4)12-32-24(23(25)31)16-7-5-6-15-8-9-18(30)22(29)21(15)16/h5-9,12,19-20H,10-11,13H2,1-4H3/t19-,20-/m1/s1. The van der Waals surface area contributed by atoms with E-state index < -0.39 is 17.2 Å². The third-order valence-corrected chi connectivity index (χ3v) is 7.53. The molecule has 196 valence electrons. The smallest absolute Gasteiger partial charge is 0.410 e. The van der Waals surface area contributed by atoms with Crippen LogP contribution in [0.2, 0.25) is 5.02 Å². The molecule has 38 heavy (non-hydrogen) atoms. The van der Waals surface area contributed by atoms with Crippen molar-refractivity contribution in [2.24, 2.45) is 0 Å². The maximum absolute atomic E-state index is 16.1. The molecule has 0 N–H and O–H groups in total. The lowest BCUT2D eigenvalue weighted by Crippen LogP contribution is -2.63. The Kier molecular flexibility index (Phi) is 5.68. The Balaban J connectivity index is 1.39. The highest BCUT2D eigenvalue weighted by Gasteiger charge is 2.50. The van der Waals surface area contributed by atoms with Gasteiger partial charge in [-0.25, -0.2) is 23.5 Å². The monoisotopic (exact) mass is 537 g/mol. The van der Waals surface area contributed by atoms with E-state index in [9.17, 15) is 9.18 Å². The van der Waals surface area contributed by atoms with Crippen molar-refractivity contribution in [1.82, 2.24) is 19.9 Å². The number of fused-ring (bicyclic) bond motifs is 3. The van der Waals surface area contributed by atoms with Crippen LogP contribution in [-0.2, 0) is 4.74 Å². The minimum atomic E-state index is -0.624. The van der Waals surface area contributed by atoms with Crippen LogP contribution in [0.1, 0.15) is 33.0 Å².